The molecule has 1 saturated heterocycles. The number of imidazole rings is 1. The lowest BCUT2D eigenvalue weighted by atomic mass is 10.2. The first-order valence-electron chi connectivity index (χ1n) is 6.97. The lowest BCUT2D eigenvalue weighted by Crippen LogP contribution is -2.43. The molecular formula is C14H17BrN4. The number of nitrogens with one attached hydrogen (secondary N) is 1. The van der Waals surface area contributed by atoms with Gasteiger partial charge in [0.1, 0.15) is 15.9 Å². The highest BCUT2D eigenvalue weighted by molar-refractivity contribution is 9.10. The largest absolute Gasteiger partial charge is 0.367 e. The minimum Gasteiger partial charge on any atom is -0.367 e. The van der Waals surface area contributed by atoms with Crippen LogP contribution in [-0.4, -0.2) is 35.6 Å². The standard InChI is InChI=1S/C14H17BrN4/c15-13-12-11(18-8-5-16-6-9-18)2-1-7-19(12)14(17-13)10-3-4-10/h1-2,7,10,16H,3-6,8-9H2. The number of nitrogens with zero attached hydrogens (tertiary/aromatic N) is 3. The van der Waals surface area contributed by atoms with Crippen LogP contribution in [0.3, 0.4) is 0 Å². The summed E-state index contributed by atoms with van der Waals surface area (Å²) >= 11 is 3.66. The second-order valence-corrected chi connectivity index (χ2v) is 6.14. The van der Waals surface area contributed by atoms with Crippen molar-refractivity contribution in [3.63, 3.8) is 0 Å². The molecule has 4 nitrogen and oxygen atoms in total. The summed E-state index contributed by atoms with van der Waals surface area (Å²) in [4.78, 5) is 7.20. The van der Waals surface area contributed by atoms with E-state index in [-0.39, 0.29) is 0 Å². The molecule has 4 rings (SSSR count). The van der Waals surface area contributed by atoms with Gasteiger partial charge in [0.25, 0.3) is 0 Å². The number of aromatic nitrogens is 2. The lowest BCUT2D eigenvalue weighted by molar-refractivity contribution is 0.590. The minimum absolute atomic E-state index is 0.664. The van der Waals surface area contributed by atoms with Gasteiger partial charge in [-0.3, -0.25) is 0 Å². The van der Waals surface area contributed by atoms with Crippen LogP contribution in [0.5, 0.6) is 0 Å². The summed E-state index contributed by atoms with van der Waals surface area (Å²) in [5.74, 6) is 1.89. The molecule has 100 valence electrons. The summed E-state index contributed by atoms with van der Waals surface area (Å²) < 4.78 is 3.27. The van der Waals surface area contributed by atoms with E-state index >= 15 is 0 Å². The average molecular weight is 321 g/mol. The van der Waals surface area contributed by atoms with Gasteiger partial charge in [0.15, 0.2) is 0 Å². The molecule has 0 bridgehead atoms. The molecule has 1 saturated carbocycles. The number of hydrogen-bond donors (Lipinski definition) is 1. The fourth-order valence-electron chi connectivity index (χ4n) is 2.89. The minimum atomic E-state index is 0.664. The zero-order valence-corrected chi connectivity index (χ0v) is 12.4. The Bertz CT molecular complexity index is 611. The second kappa shape index (κ2) is 4.49. The third-order valence-electron chi connectivity index (χ3n) is 4.03. The van der Waals surface area contributed by atoms with Crippen LogP contribution >= 0.6 is 15.9 Å². The van der Waals surface area contributed by atoms with Crippen molar-refractivity contribution in [2.24, 2.45) is 0 Å². The van der Waals surface area contributed by atoms with Crippen molar-refractivity contribution < 1.29 is 0 Å². The maximum absolute atomic E-state index is 4.74. The quantitative estimate of drug-likeness (QED) is 0.922. The van der Waals surface area contributed by atoms with Crippen LogP contribution in [0.2, 0.25) is 0 Å². The molecule has 5 heteroatoms. The molecule has 0 atom stereocenters. The Labute approximate surface area is 120 Å². The predicted octanol–water partition coefficient (Wildman–Crippen LogP) is 2.38. The summed E-state index contributed by atoms with van der Waals surface area (Å²) in [7, 11) is 0. The van der Waals surface area contributed by atoms with Crippen LogP contribution in [0.15, 0.2) is 22.9 Å². The number of piperazine rings is 1. The highest BCUT2D eigenvalue weighted by atomic mass is 79.9. The Morgan fingerprint density at radius 2 is 2.05 bits per heavy atom. The number of fused-ring (bicyclic) bond motifs is 1. The Hall–Kier alpha value is -1.07. The van der Waals surface area contributed by atoms with Gasteiger partial charge in [0, 0.05) is 38.3 Å². The summed E-state index contributed by atoms with van der Waals surface area (Å²) in [6.07, 6.45) is 4.71. The zero-order valence-electron chi connectivity index (χ0n) is 10.8. The topological polar surface area (TPSA) is 32.6 Å². The van der Waals surface area contributed by atoms with Gasteiger partial charge in [0.05, 0.1) is 5.69 Å². The fourth-order valence-corrected chi connectivity index (χ4v) is 3.47. The van der Waals surface area contributed by atoms with Gasteiger partial charge in [-0.25, -0.2) is 4.98 Å². The van der Waals surface area contributed by atoms with Crippen molar-refractivity contribution in [3.05, 3.63) is 28.8 Å². The summed E-state index contributed by atoms with van der Waals surface area (Å²) in [6, 6.07) is 4.36. The molecule has 0 radical (unpaired) electrons. The molecule has 0 unspecified atom stereocenters. The van der Waals surface area contributed by atoms with E-state index in [9.17, 15) is 0 Å². The van der Waals surface area contributed by atoms with E-state index in [0.717, 1.165) is 30.8 Å². The predicted molar refractivity (Wildman–Crippen MR) is 79.9 cm³/mol. The second-order valence-electron chi connectivity index (χ2n) is 5.38. The van der Waals surface area contributed by atoms with E-state index < -0.39 is 0 Å². The van der Waals surface area contributed by atoms with Crippen molar-refractivity contribution in [2.75, 3.05) is 31.1 Å². The third kappa shape index (κ3) is 1.96. The molecule has 0 aromatic carbocycles. The molecule has 1 aliphatic heterocycles. The van der Waals surface area contributed by atoms with Crippen LogP contribution in [0.4, 0.5) is 5.69 Å². The van der Waals surface area contributed by atoms with Crippen LogP contribution in [-0.2, 0) is 0 Å². The number of anilines is 1. The third-order valence-corrected chi connectivity index (χ3v) is 4.58. The monoisotopic (exact) mass is 320 g/mol. The maximum atomic E-state index is 4.74. The Kier molecular flexibility index (Phi) is 2.77. The molecule has 0 spiro atoms. The highest BCUT2D eigenvalue weighted by Gasteiger charge is 2.30. The van der Waals surface area contributed by atoms with Crippen LogP contribution in [0.25, 0.3) is 5.52 Å². The van der Waals surface area contributed by atoms with Crippen LogP contribution in [0, 0.1) is 0 Å². The summed E-state index contributed by atoms with van der Waals surface area (Å²) in [6.45, 7) is 4.25. The van der Waals surface area contributed by atoms with E-state index in [4.69, 9.17) is 4.98 Å². The van der Waals surface area contributed by atoms with E-state index in [1.807, 2.05) is 0 Å². The highest BCUT2D eigenvalue weighted by Crippen LogP contribution is 2.42. The first-order valence-corrected chi connectivity index (χ1v) is 7.76. The first-order chi connectivity index (χ1) is 9.34. The summed E-state index contributed by atoms with van der Waals surface area (Å²) in [5, 5.41) is 3.40. The first kappa shape index (κ1) is 11.7. The molecule has 2 fully saturated rings. The van der Waals surface area contributed by atoms with Gasteiger partial charge in [0.2, 0.25) is 0 Å². The van der Waals surface area contributed by atoms with Gasteiger partial charge in [-0.2, -0.15) is 0 Å². The molecule has 2 aromatic heterocycles. The van der Waals surface area contributed by atoms with E-state index in [1.54, 1.807) is 0 Å². The Morgan fingerprint density at radius 3 is 2.79 bits per heavy atom. The smallest absolute Gasteiger partial charge is 0.134 e. The van der Waals surface area contributed by atoms with E-state index in [2.05, 4.69) is 48.9 Å². The van der Waals surface area contributed by atoms with Crippen molar-refractivity contribution in [2.45, 2.75) is 18.8 Å². The number of pyridine rings is 1. The SMILES string of the molecule is Brc1nc(C2CC2)n2cccc(N3CCNCC3)c12. The molecular weight excluding hydrogens is 304 g/mol. The number of rotatable bonds is 2. The lowest BCUT2D eigenvalue weighted by Gasteiger charge is -2.30. The van der Waals surface area contributed by atoms with Crippen molar-refractivity contribution in [1.82, 2.24) is 14.7 Å². The fraction of sp³-hybridized carbons (Fsp3) is 0.500. The number of hydrogen-bond acceptors (Lipinski definition) is 3. The van der Waals surface area contributed by atoms with E-state index in [0.29, 0.717) is 5.92 Å². The van der Waals surface area contributed by atoms with Crippen molar-refractivity contribution >= 4 is 27.1 Å². The average Bonchev–Trinajstić information content (AvgIpc) is 3.25. The van der Waals surface area contributed by atoms with Crippen LogP contribution < -0.4 is 10.2 Å². The normalized spacial score (nSPS) is 20.2. The van der Waals surface area contributed by atoms with E-state index in [1.165, 1.54) is 29.9 Å². The van der Waals surface area contributed by atoms with Gasteiger partial charge < -0.3 is 14.6 Å². The molecule has 1 aliphatic carbocycles. The van der Waals surface area contributed by atoms with Gasteiger partial charge in [-0.15, -0.1) is 0 Å². The molecule has 0 amide bonds. The van der Waals surface area contributed by atoms with Crippen LogP contribution in [0.1, 0.15) is 24.6 Å². The summed E-state index contributed by atoms with van der Waals surface area (Å²) in [5.41, 5.74) is 2.53. The Balaban J connectivity index is 1.86. The molecule has 1 N–H and O–H groups in total. The van der Waals surface area contributed by atoms with Gasteiger partial charge in [-0.1, -0.05) is 0 Å². The van der Waals surface area contributed by atoms with Crippen molar-refractivity contribution in [3.8, 4) is 0 Å². The van der Waals surface area contributed by atoms with Gasteiger partial charge >= 0.3 is 0 Å². The van der Waals surface area contributed by atoms with Gasteiger partial charge in [-0.05, 0) is 40.9 Å². The number of halogens is 1. The molecule has 2 aliphatic rings. The molecule has 2 aromatic rings. The molecule has 3 heterocycles. The Morgan fingerprint density at radius 1 is 1.26 bits per heavy atom. The maximum Gasteiger partial charge on any atom is 0.134 e. The molecule has 19 heavy (non-hydrogen) atoms. The van der Waals surface area contributed by atoms with Crippen molar-refractivity contribution in [1.29, 1.82) is 0 Å². The zero-order chi connectivity index (χ0) is 12.8.